The average molecular weight is 472 g/mol. The normalized spacial score (nSPS) is 33.6. The van der Waals surface area contributed by atoms with E-state index in [1.165, 1.54) is 42.4 Å². The summed E-state index contributed by atoms with van der Waals surface area (Å²) in [5, 5.41) is 23.8. The largest absolute Gasteiger partial charge is 0.454 e. The van der Waals surface area contributed by atoms with Crippen LogP contribution in [0.2, 0.25) is 0 Å². The second-order valence-electron chi connectivity index (χ2n) is 10.5. The van der Waals surface area contributed by atoms with Gasteiger partial charge in [0, 0.05) is 19.0 Å². The van der Waals surface area contributed by atoms with Crippen molar-refractivity contribution in [3.63, 3.8) is 0 Å². The number of hydrogen-bond donors (Lipinski definition) is 2. The van der Waals surface area contributed by atoms with Crippen molar-refractivity contribution < 1.29 is 29.2 Å². The van der Waals surface area contributed by atoms with Crippen LogP contribution in [0.4, 0.5) is 11.4 Å². The van der Waals surface area contributed by atoms with Crippen molar-refractivity contribution in [3.05, 3.63) is 34.4 Å². The number of likely N-dealkylation sites (tertiary alicyclic amines) is 1. The van der Waals surface area contributed by atoms with E-state index in [0.29, 0.717) is 17.8 Å². The highest BCUT2D eigenvalue weighted by Gasteiger charge is 2.57. The monoisotopic (exact) mass is 471 g/mol. The van der Waals surface area contributed by atoms with Crippen molar-refractivity contribution in [3.8, 4) is 0 Å². The Bertz CT molecular complexity index is 990. The number of rotatable bonds is 6. The van der Waals surface area contributed by atoms with Crippen LogP contribution >= 0.6 is 0 Å². The van der Waals surface area contributed by atoms with E-state index in [1.807, 2.05) is 0 Å². The molecule has 0 aromatic heterocycles. The molecule has 4 bridgehead atoms. The summed E-state index contributed by atoms with van der Waals surface area (Å²) in [4.78, 5) is 50.8. The molecule has 1 aromatic carbocycles. The number of benzene rings is 1. The molecule has 182 valence electrons. The molecular weight excluding hydrogens is 442 g/mol. The van der Waals surface area contributed by atoms with E-state index in [9.17, 15) is 29.6 Å². The molecule has 0 radical (unpaired) electrons. The number of esters is 1. The Morgan fingerprint density at radius 1 is 1.09 bits per heavy atom. The molecule has 34 heavy (non-hydrogen) atoms. The van der Waals surface area contributed by atoms with Gasteiger partial charge in [0.05, 0.1) is 16.4 Å². The smallest absolute Gasteiger partial charge is 0.329 e. The number of para-hydroxylation sites is 2. The Labute approximate surface area is 196 Å². The molecule has 4 aliphatic carbocycles. The summed E-state index contributed by atoms with van der Waals surface area (Å²) in [6.07, 6.45) is 5.37. The van der Waals surface area contributed by atoms with E-state index < -0.39 is 41.0 Å². The predicted octanol–water partition coefficient (Wildman–Crippen LogP) is 2.25. The molecule has 2 N–H and O–H groups in total. The zero-order valence-corrected chi connectivity index (χ0v) is 18.9. The topological polar surface area (TPSA) is 139 Å². The fourth-order valence-electron chi connectivity index (χ4n) is 7.10. The lowest BCUT2D eigenvalue weighted by Gasteiger charge is -2.56. The minimum atomic E-state index is -0.936. The number of anilines is 1. The molecule has 0 spiro atoms. The van der Waals surface area contributed by atoms with Gasteiger partial charge in [0.15, 0.2) is 6.61 Å². The van der Waals surface area contributed by atoms with Gasteiger partial charge >= 0.3 is 5.97 Å². The van der Waals surface area contributed by atoms with Gasteiger partial charge in [0.25, 0.3) is 11.6 Å². The molecule has 6 rings (SSSR count). The molecule has 4 saturated carbocycles. The molecular formula is C24H29N3O7. The van der Waals surface area contributed by atoms with E-state index in [0.717, 1.165) is 19.3 Å². The number of aliphatic hydroxyl groups excluding tert-OH is 1. The molecule has 2 amide bonds. The quantitative estimate of drug-likeness (QED) is 0.368. The Hall–Kier alpha value is -3.01. The Morgan fingerprint density at radius 2 is 1.71 bits per heavy atom. The number of aliphatic hydroxyl groups is 1. The summed E-state index contributed by atoms with van der Waals surface area (Å²) in [5.74, 6) is 0.179. The number of hydrogen-bond acceptors (Lipinski definition) is 7. The lowest BCUT2D eigenvalue weighted by Crippen LogP contribution is -2.56. The van der Waals surface area contributed by atoms with Gasteiger partial charge in [-0.1, -0.05) is 12.1 Å². The fourth-order valence-corrected chi connectivity index (χ4v) is 7.10. The van der Waals surface area contributed by atoms with E-state index >= 15 is 0 Å². The van der Waals surface area contributed by atoms with Crippen LogP contribution in [-0.4, -0.2) is 58.0 Å². The lowest BCUT2D eigenvalue weighted by molar-refractivity contribution is -0.383. The van der Waals surface area contributed by atoms with Crippen molar-refractivity contribution >= 4 is 29.2 Å². The first kappa shape index (κ1) is 22.8. The van der Waals surface area contributed by atoms with Gasteiger partial charge in [-0.2, -0.15) is 0 Å². The van der Waals surface area contributed by atoms with Gasteiger partial charge in [0.1, 0.15) is 11.7 Å². The van der Waals surface area contributed by atoms with E-state index in [2.05, 4.69) is 5.32 Å². The number of β-amino-alcohol motifs (C(OH)–C–C–N with tert-alkyl or cyclic N) is 1. The molecule has 5 fully saturated rings. The van der Waals surface area contributed by atoms with Crippen LogP contribution in [0.5, 0.6) is 0 Å². The van der Waals surface area contributed by atoms with Crippen molar-refractivity contribution in [1.29, 1.82) is 0 Å². The number of nitrogens with one attached hydrogen (secondary N) is 1. The third-order valence-electron chi connectivity index (χ3n) is 8.02. The second kappa shape index (κ2) is 8.65. The van der Waals surface area contributed by atoms with Gasteiger partial charge in [-0.3, -0.25) is 19.7 Å². The van der Waals surface area contributed by atoms with Crippen molar-refractivity contribution in [1.82, 2.24) is 4.90 Å². The first-order valence-electron chi connectivity index (χ1n) is 11.9. The molecule has 1 saturated heterocycles. The summed E-state index contributed by atoms with van der Waals surface area (Å²) >= 11 is 0. The van der Waals surface area contributed by atoms with Gasteiger partial charge in [0.2, 0.25) is 5.91 Å². The molecule has 2 atom stereocenters. The Balaban J connectivity index is 1.22. The van der Waals surface area contributed by atoms with Crippen LogP contribution in [0.3, 0.4) is 0 Å². The fraction of sp³-hybridized carbons (Fsp3) is 0.625. The highest BCUT2D eigenvalue weighted by molar-refractivity contribution is 5.95. The zero-order valence-electron chi connectivity index (χ0n) is 18.9. The zero-order chi connectivity index (χ0) is 24.0. The highest BCUT2D eigenvalue weighted by atomic mass is 16.6. The number of amides is 2. The number of carbonyl (C=O) groups excluding carboxylic acids is 3. The minimum absolute atomic E-state index is 0.00320. The van der Waals surface area contributed by atoms with Crippen LogP contribution < -0.4 is 5.32 Å². The number of nitro groups is 1. The molecule has 10 nitrogen and oxygen atoms in total. The van der Waals surface area contributed by atoms with Crippen LogP contribution in [0, 0.1) is 33.3 Å². The van der Waals surface area contributed by atoms with Crippen LogP contribution in [0.15, 0.2) is 24.3 Å². The first-order valence-corrected chi connectivity index (χ1v) is 11.9. The maximum Gasteiger partial charge on any atom is 0.329 e. The Morgan fingerprint density at radius 3 is 2.32 bits per heavy atom. The molecule has 2 unspecified atom stereocenters. The maximum atomic E-state index is 13.7. The number of ether oxygens (including phenoxy) is 1. The van der Waals surface area contributed by atoms with Crippen LogP contribution in [-0.2, 0) is 19.1 Å². The van der Waals surface area contributed by atoms with Crippen LogP contribution in [0.1, 0.15) is 44.9 Å². The second-order valence-corrected chi connectivity index (χ2v) is 10.5. The predicted molar refractivity (Wildman–Crippen MR) is 119 cm³/mol. The SMILES string of the molecule is O=C(COC(=O)C1CC(O)CN1C(=O)C12CC3CC(CC(C3)C1)C2)Nc1ccccc1[N+](=O)[O-]. The highest BCUT2D eigenvalue weighted by Crippen LogP contribution is 2.60. The van der Waals surface area contributed by atoms with E-state index in [-0.39, 0.29) is 30.2 Å². The molecule has 1 aliphatic heterocycles. The maximum absolute atomic E-state index is 13.7. The van der Waals surface area contributed by atoms with Crippen molar-refractivity contribution in [2.75, 3.05) is 18.5 Å². The Kier molecular flexibility index (Phi) is 5.79. The van der Waals surface area contributed by atoms with Crippen LogP contribution in [0.25, 0.3) is 0 Å². The van der Waals surface area contributed by atoms with Gasteiger partial charge in [-0.25, -0.2) is 4.79 Å². The van der Waals surface area contributed by atoms with E-state index in [4.69, 9.17) is 4.74 Å². The number of nitrogens with zero attached hydrogens (tertiary/aromatic N) is 2. The first-order chi connectivity index (χ1) is 16.2. The molecule has 5 aliphatic rings. The summed E-state index contributed by atoms with van der Waals surface area (Å²) < 4.78 is 5.18. The van der Waals surface area contributed by atoms with Gasteiger partial charge < -0.3 is 20.1 Å². The van der Waals surface area contributed by atoms with E-state index in [1.54, 1.807) is 6.07 Å². The average Bonchev–Trinajstić information content (AvgIpc) is 3.18. The van der Waals surface area contributed by atoms with Crippen molar-refractivity contribution in [2.24, 2.45) is 23.2 Å². The van der Waals surface area contributed by atoms with Gasteiger partial charge in [-0.05, 0) is 62.3 Å². The summed E-state index contributed by atoms with van der Waals surface area (Å²) in [6.45, 7) is -0.556. The number of carbonyl (C=O) groups is 3. The van der Waals surface area contributed by atoms with Crippen molar-refractivity contribution in [2.45, 2.75) is 57.1 Å². The molecule has 1 aromatic rings. The van der Waals surface area contributed by atoms with Gasteiger partial charge in [-0.15, -0.1) is 0 Å². The summed E-state index contributed by atoms with van der Waals surface area (Å²) in [6, 6.07) is 4.73. The lowest BCUT2D eigenvalue weighted by atomic mass is 9.49. The third-order valence-corrected chi connectivity index (χ3v) is 8.02. The summed E-state index contributed by atoms with van der Waals surface area (Å²) in [7, 11) is 0. The third kappa shape index (κ3) is 4.15. The standard InChI is InChI=1S/C24H29N3O7/c28-17-8-20(22(30)34-13-21(29)25-18-3-1-2-4-19(18)27(32)33)26(12-17)23(31)24-9-14-5-15(10-24)7-16(6-14)11-24/h1-4,14-17,20,28H,5-13H2,(H,25,29). The molecule has 1 heterocycles. The minimum Gasteiger partial charge on any atom is -0.454 e. The number of nitro benzene ring substituents is 1. The molecule has 10 heteroatoms. The summed E-state index contributed by atoms with van der Waals surface area (Å²) in [5.41, 5.74) is -0.710.